The van der Waals surface area contributed by atoms with Crippen LogP contribution >= 0.6 is 15.9 Å². The maximum Gasteiger partial charge on any atom is 0.137 e. The highest BCUT2D eigenvalue weighted by Gasteiger charge is 2.07. The van der Waals surface area contributed by atoms with E-state index in [0.717, 1.165) is 30.6 Å². The van der Waals surface area contributed by atoms with Crippen molar-refractivity contribution in [1.29, 1.82) is 0 Å². The molecule has 2 aromatic rings. The van der Waals surface area contributed by atoms with E-state index in [-0.39, 0.29) is 11.9 Å². The van der Waals surface area contributed by atoms with Crippen LogP contribution in [0.1, 0.15) is 36.2 Å². The molecule has 2 N–H and O–H groups in total. The Hall–Kier alpha value is -1.20. The maximum atomic E-state index is 13.2. The van der Waals surface area contributed by atoms with Crippen LogP contribution in [-0.2, 0) is 6.42 Å². The van der Waals surface area contributed by atoms with Gasteiger partial charge in [-0.05, 0) is 72.4 Å². The molecule has 0 aliphatic rings. The fourth-order valence-electron chi connectivity index (χ4n) is 2.12. The lowest BCUT2D eigenvalue weighted by Crippen LogP contribution is -2.20. The molecule has 108 valence electrons. The van der Waals surface area contributed by atoms with Gasteiger partial charge < -0.3 is 5.32 Å². The smallest absolute Gasteiger partial charge is 0.137 e. The van der Waals surface area contributed by atoms with E-state index in [4.69, 9.17) is 0 Å². The summed E-state index contributed by atoms with van der Waals surface area (Å²) in [5, 5.41) is 10.4. The van der Waals surface area contributed by atoms with Crippen LogP contribution in [0.2, 0.25) is 0 Å². The number of aromatic amines is 1. The summed E-state index contributed by atoms with van der Waals surface area (Å²) < 4.78 is 13.7. The largest absolute Gasteiger partial charge is 0.310 e. The molecule has 3 nitrogen and oxygen atoms in total. The number of nitrogens with one attached hydrogen (secondary N) is 2. The average molecular weight is 340 g/mol. The van der Waals surface area contributed by atoms with Gasteiger partial charge in [-0.3, -0.25) is 5.10 Å². The van der Waals surface area contributed by atoms with Crippen LogP contribution in [0.3, 0.4) is 0 Å². The standard InChI is InChI=1S/C15H19BrFN3/c1-10(12-5-6-15(17)14(16)8-12)18-7-3-4-13-9-19-20-11(13)2/h5-6,8-10,18H,3-4,7H2,1-2H3,(H,19,20). The Morgan fingerprint density at radius 3 is 2.90 bits per heavy atom. The number of halogens is 2. The number of aromatic nitrogens is 2. The van der Waals surface area contributed by atoms with Crippen LogP contribution < -0.4 is 5.32 Å². The van der Waals surface area contributed by atoms with Crippen molar-refractivity contribution < 1.29 is 4.39 Å². The van der Waals surface area contributed by atoms with Crippen molar-refractivity contribution >= 4 is 15.9 Å². The lowest BCUT2D eigenvalue weighted by molar-refractivity contribution is 0.555. The van der Waals surface area contributed by atoms with Gasteiger partial charge in [0, 0.05) is 11.7 Å². The summed E-state index contributed by atoms with van der Waals surface area (Å²) in [5.74, 6) is -0.226. The summed E-state index contributed by atoms with van der Waals surface area (Å²) in [5.41, 5.74) is 3.49. The SMILES string of the molecule is Cc1[nH]ncc1CCCNC(C)c1ccc(F)c(Br)c1. The van der Waals surface area contributed by atoms with E-state index < -0.39 is 0 Å². The molecule has 0 saturated carbocycles. The van der Waals surface area contributed by atoms with Crippen LogP contribution in [0.4, 0.5) is 4.39 Å². The van der Waals surface area contributed by atoms with Gasteiger partial charge in [0.1, 0.15) is 5.82 Å². The highest BCUT2D eigenvalue weighted by molar-refractivity contribution is 9.10. The number of nitrogens with zero attached hydrogens (tertiary/aromatic N) is 1. The Labute approximate surface area is 127 Å². The molecule has 1 aromatic carbocycles. The molecular weight excluding hydrogens is 321 g/mol. The second-order valence-corrected chi connectivity index (χ2v) is 5.83. The molecule has 0 saturated heterocycles. The monoisotopic (exact) mass is 339 g/mol. The molecule has 5 heteroatoms. The first-order chi connectivity index (χ1) is 9.58. The Morgan fingerprint density at radius 1 is 1.45 bits per heavy atom. The molecule has 20 heavy (non-hydrogen) atoms. The zero-order valence-electron chi connectivity index (χ0n) is 11.7. The minimum Gasteiger partial charge on any atom is -0.310 e. The molecule has 0 aliphatic carbocycles. The molecule has 1 heterocycles. The van der Waals surface area contributed by atoms with Gasteiger partial charge in [-0.15, -0.1) is 0 Å². The molecule has 0 amide bonds. The molecule has 0 fully saturated rings. The van der Waals surface area contributed by atoms with Gasteiger partial charge in [0.2, 0.25) is 0 Å². The molecular formula is C15H19BrFN3. The van der Waals surface area contributed by atoms with E-state index in [9.17, 15) is 4.39 Å². The Balaban J connectivity index is 1.79. The van der Waals surface area contributed by atoms with Crippen LogP contribution in [-0.4, -0.2) is 16.7 Å². The van der Waals surface area contributed by atoms with E-state index in [1.165, 1.54) is 11.6 Å². The van der Waals surface area contributed by atoms with Gasteiger partial charge >= 0.3 is 0 Å². The van der Waals surface area contributed by atoms with Crippen LogP contribution in [0.5, 0.6) is 0 Å². The van der Waals surface area contributed by atoms with Gasteiger partial charge in [-0.25, -0.2) is 4.39 Å². The van der Waals surface area contributed by atoms with Crippen LogP contribution in [0.25, 0.3) is 0 Å². The third-order valence-corrected chi connectivity index (χ3v) is 4.06. The van der Waals surface area contributed by atoms with Crippen molar-refractivity contribution in [2.45, 2.75) is 32.7 Å². The second-order valence-electron chi connectivity index (χ2n) is 4.97. The molecule has 1 unspecified atom stereocenters. The van der Waals surface area contributed by atoms with Gasteiger partial charge in [0.25, 0.3) is 0 Å². The predicted octanol–water partition coefficient (Wildman–Crippen LogP) is 3.90. The van der Waals surface area contributed by atoms with Crippen molar-refractivity contribution in [2.24, 2.45) is 0 Å². The number of benzene rings is 1. The fourth-order valence-corrected chi connectivity index (χ4v) is 2.52. The van der Waals surface area contributed by atoms with Gasteiger partial charge in [0.15, 0.2) is 0 Å². The van der Waals surface area contributed by atoms with Crippen molar-refractivity contribution in [3.8, 4) is 0 Å². The molecule has 1 aromatic heterocycles. The first-order valence-electron chi connectivity index (χ1n) is 6.75. The van der Waals surface area contributed by atoms with Crippen molar-refractivity contribution in [3.05, 3.63) is 51.5 Å². The zero-order valence-corrected chi connectivity index (χ0v) is 13.3. The number of aryl methyl sites for hydroxylation is 2. The first-order valence-corrected chi connectivity index (χ1v) is 7.54. The Kier molecular flexibility index (Phi) is 5.31. The van der Waals surface area contributed by atoms with Crippen LogP contribution in [0.15, 0.2) is 28.9 Å². The Morgan fingerprint density at radius 2 is 2.25 bits per heavy atom. The molecule has 0 radical (unpaired) electrons. The summed E-state index contributed by atoms with van der Waals surface area (Å²) in [4.78, 5) is 0. The van der Waals surface area contributed by atoms with E-state index in [0.29, 0.717) is 4.47 Å². The highest BCUT2D eigenvalue weighted by Crippen LogP contribution is 2.21. The number of H-pyrrole nitrogens is 1. The molecule has 1 atom stereocenters. The van der Waals surface area contributed by atoms with Gasteiger partial charge in [-0.2, -0.15) is 5.10 Å². The molecule has 0 bridgehead atoms. The predicted molar refractivity (Wildman–Crippen MR) is 82.2 cm³/mol. The molecule has 0 aliphatic heterocycles. The van der Waals surface area contributed by atoms with Crippen molar-refractivity contribution in [1.82, 2.24) is 15.5 Å². The Bertz CT molecular complexity index is 568. The van der Waals surface area contributed by atoms with E-state index >= 15 is 0 Å². The molecule has 0 spiro atoms. The first kappa shape index (κ1) is 15.2. The van der Waals surface area contributed by atoms with E-state index in [1.807, 2.05) is 25.3 Å². The minimum absolute atomic E-state index is 0.206. The summed E-state index contributed by atoms with van der Waals surface area (Å²) in [6.45, 7) is 5.04. The lowest BCUT2D eigenvalue weighted by atomic mass is 10.1. The summed E-state index contributed by atoms with van der Waals surface area (Å²) >= 11 is 3.22. The minimum atomic E-state index is -0.226. The second kappa shape index (κ2) is 6.99. The maximum absolute atomic E-state index is 13.2. The highest BCUT2D eigenvalue weighted by atomic mass is 79.9. The van der Waals surface area contributed by atoms with Gasteiger partial charge in [-0.1, -0.05) is 6.07 Å². The third kappa shape index (κ3) is 3.90. The number of hydrogen-bond acceptors (Lipinski definition) is 2. The van der Waals surface area contributed by atoms with Crippen molar-refractivity contribution in [3.63, 3.8) is 0 Å². The fraction of sp³-hybridized carbons (Fsp3) is 0.400. The average Bonchev–Trinajstić information content (AvgIpc) is 2.83. The van der Waals surface area contributed by atoms with Crippen LogP contribution in [0, 0.1) is 12.7 Å². The van der Waals surface area contributed by atoms with E-state index in [2.05, 4.69) is 38.4 Å². The topological polar surface area (TPSA) is 40.7 Å². The summed E-state index contributed by atoms with van der Waals surface area (Å²) in [6.07, 6.45) is 3.94. The number of rotatable bonds is 6. The van der Waals surface area contributed by atoms with E-state index in [1.54, 1.807) is 0 Å². The van der Waals surface area contributed by atoms with Crippen molar-refractivity contribution in [2.75, 3.05) is 6.54 Å². The normalized spacial score (nSPS) is 12.6. The summed E-state index contributed by atoms with van der Waals surface area (Å²) in [7, 11) is 0. The zero-order chi connectivity index (χ0) is 14.5. The van der Waals surface area contributed by atoms with Gasteiger partial charge in [0.05, 0.1) is 10.7 Å². The molecule has 2 rings (SSSR count). The number of hydrogen-bond donors (Lipinski definition) is 2. The third-order valence-electron chi connectivity index (χ3n) is 3.45. The quantitative estimate of drug-likeness (QED) is 0.783. The summed E-state index contributed by atoms with van der Waals surface area (Å²) in [6, 6.07) is 5.34. The lowest BCUT2D eigenvalue weighted by Gasteiger charge is -2.14.